The third kappa shape index (κ3) is 3.75. The third-order valence-corrected chi connectivity index (χ3v) is 6.97. The normalized spacial score (nSPS) is 18.0. The molecule has 3 aromatic rings. The maximum Gasteiger partial charge on any atom is 0.338 e. The number of ether oxygens (including phenoxy) is 1. The maximum atomic E-state index is 13.1. The molecule has 1 saturated heterocycles. The Kier molecular flexibility index (Phi) is 5.33. The minimum absolute atomic E-state index is 0.0327. The van der Waals surface area contributed by atoms with Crippen molar-refractivity contribution >= 4 is 21.6 Å². The minimum atomic E-state index is -3.67. The van der Waals surface area contributed by atoms with Crippen LogP contribution >= 0.6 is 0 Å². The average Bonchev–Trinajstić information content (AvgIpc) is 3.18. The van der Waals surface area contributed by atoms with Crippen molar-refractivity contribution in [2.45, 2.75) is 30.6 Å². The fourth-order valence-electron chi connectivity index (χ4n) is 3.64. The molecule has 29 heavy (non-hydrogen) atoms. The highest BCUT2D eigenvalue weighted by Crippen LogP contribution is 2.29. The molecule has 9 heteroatoms. The number of aromatic nitrogens is 3. The molecular weight excluding hydrogens is 392 g/mol. The van der Waals surface area contributed by atoms with Crippen LogP contribution in [0.1, 0.15) is 41.9 Å². The Labute approximate surface area is 169 Å². The number of benzene rings is 1. The number of hydrogen-bond donors (Lipinski definition) is 0. The number of esters is 1. The van der Waals surface area contributed by atoms with Gasteiger partial charge in [-0.25, -0.2) is 13.2 Å². The van der Waals surface area contributed by atoms with Crippen LogP contribution in [0.2, 0.25) is 0 Å². The Bertz CT molecular complexity index is 1120. The molecule has 0 amide bonds. The molecule has 8 nitrogen and oxygen atoms in total. The Balaban J connectivity index is 1.56. The molecule has 0 spiro atoms. The van der Waals surface area contributed by atoms with Gasteiger partial charge < -0.3 is 4.74 Å². The van der Waals surface area contributed by atoms with Gasteiger partial charge in [-0.2, -0.15) is 4.31 Å². The van der Waals surface area contributed by atoms with E-state index < -0.39 is 16.0 Å². The lowest BCUT2D eigenvalue weighted by Crippen LogP contribution is -2.39. The van der Waals surface area contributed by atoms with Gasteiger partial charge in [-0.15, -0.1) is 10.2 Å². The standard InChI is InChI=1S/C20H22N4O4S/c1-2-28-20(25)15-8-10-17(11-9-15)29(26,27)23-12-5-6-16(14-23)19-22-21-18-7-3-4-13-24(18)19/h3-4,7-11,13,16H,2,5-6,12,14H2,1H3/t16-/m0/s1. The summed E-state index contributed by atoms with van der Waals surface area (Å²) in [7, 11) is -3.67. The summed E-state index contributed by atoms with van der Waals surface area (Å²) in [4.78, 5) is 12.0. The number of hydrogen-bond acceptors (Lipinski definition) is 6. The molecule has 0 aliphatic carbocycles. The van der Waals surface area contributed by atoms with Crippen LogP contribution in [-0.2, 0) is 14.8 Å². The van der Waals surface area contributed by atoms with Crippen molar-refractivity contribution in [1.29, 1.82) is 0 Å². The topological polar surface area (TPSA) is 93.9 Å². The van der Waals surface area contributed by atoms with Gasteiger partial charge in [0, 0.05) is 25.2 Å². The molecule has 1 aliphatic rings. The first-order valence-electron chi connectivity index (χ1n) is 9.57. The van der Waals surface area contributed by atoms with Crippen molar-refractivity contribution in [3.8, 4) is 0 Å². The summed E-state index contributed by atoms with van der Waals surface area (Å²) in [6.45, 7) is 2.79. The second-order valence-electron chi connectivity index (χ2n) is 6.93. The van der Waals surface area contributed by atoms with E-state index in [9.17, 15) is 13.2 Å². The monoisotopic (exact) mass is 414 g/mol. The zero-order valence-electron chi connectivity index (χ0n) is 16.1. The summed E-state index contributed by atoms with van der Waals surface area (Å²) in [5.41, 5.74) is 1.08. The molecule has 0 N–H and O–H groups in total. The molecule has 4 rings (SSSR count). The predicted molar refractivity (Wildman–Crippen MR) is 106 cm³/mol. The SMILES string of the molecule is CCOC(=O)c1ccc(S(=O)(=O)N2CCC[C@H](c3nnc4ccccn34)C2)cc1. The van der Waals surface area contributed by atoms with Gasteiger partial charge in [-0.1, -0.05) is 6.07 Å². The fraction of sp³-hybridized carbons (Fsp3) is 0.350. The summed E-state index contributed by atoms with van der Waals surface area (Å²) in [5.74, 6) is 0.279. The summed E-state index contributed by atoms with van der Waals surface area (Å²) in [6.07, 6.45) is 3.49. The Morgan fingerprint density at radius 3 is 2.72 bits per heavy atom. The van der Waals surface area contributed by atoms with Crippen LogP contribution in [-0.4, -0.2) is 53.0 Å². The molecule has 0 bridgehead atoms. The number of carbonyl (C=O) groups is 1. The second kappa shape index (κ2) is 7.92. The molecule has 0 unspecified atom stereocenters. The highest BCUT2D eigenvalue weighted by molar-refractivity contribution is 7.89. The molecule has 1 atom stereocenters. The Hall–Kier alpha value is -2.78. The quantitative estimate of drug-likeness (QED) is 0.596. The van der Waals surface area contributed by atoms with E-state index in [0.29, 0.717) is 18.7 Å². The van der Waals surface area contributed by atoms with Gasteiger partial charge in [-0.05, 0) is 56.2 Å². The van der Waals surface area contributed by atoms with Crippen molar-refractivity contribution in [2.24, 2.45) is 0 Å². The van der Waals surface area contributed by atoms with Crippen LogP contribution < -0.4 is 0 Å². The number of piperidine rings is 1. The fourth-order valence-corrected chi connectivity index (χ4v) is 5.16. The third-order valence-electron chi connectivity index (χ3n) is 5.09. The first-order chi connectivity index (χ1) is 14.0. The van der Waals surface area contributed by atoms with E-state index in [1.165, 1.54) is 28.6 Å². The van der Waals surface area contributed by atoms with Crippen LogP contribution in [0.3, 0.4) is 0 Å². The van der Waals surface area contributed by atoms with Crippen LogP contribution in [0, 0.1) is 0 Å². The number of nitrogens with zero attached hydrogens (tertiary/aromatic N) is 4. The summed E-state index contributed by atoms with van der Waals surface area (Å²) < 4.78 is 34.6. The van der Waals surface area contributed by atoms with Gasteiger partial charge in [0.15, 0.2) is 5.65 Å². The number of rotatable bonds is 5. The first-order valence-corrected chi connectivity index (χ1v) is 11.0. The van der Waals surface area contributed by atoms with E-state index in [0.717, 1.165) is 24.3 Å². The van der Waals surface area contributed by atoms with Gasteiger partial charge >= 0.3 is 5.97 Å². The van der Waals surface area contributed by atoms with E-state index in [-0.39, 0.29) is 17.4 Å². The van der Waals surface area contributed by atoms with E-state index in [4.69, 9.17) is 4.74 Å². The van der Waals surface area contributed by atoms with Gasteiger partial charge in [0.2, 0.25) is 10.0 Å². The maximum absolute atomic E-state index is 13.1. The van der Waals surface area contributed by atoms with Gasteiger partial charge in [0.1, 0.15) is 5.82 Å². The Morgan fingerprint density at radius 2 is 1.97 bits per heavy atom. The molecule has 152 valence electrons. The second-order valence-corrected chi connectivity index (χ2v) is 8.87. The number of fused-ring (bicyclic) bond motifs is 1. The van der Waals surface area contributed by atoms with Crippen molar-refractivity contribution in [1.82, 2.24) is 18.9 Å². The molecule has 2 aromatic heterocycles. The highest BCUT2D eigenvalue weighted by atomic mass is 32.2. The summed E-state index contributed by atoms with van der Waals surface area (Å²) in [6, 6.07) is 11.6. The van der Waals surface area contributed by atoms with Crippen molar-refractivity contribution in [3.05, 3.63) is 60.0 Å². The predicted octanol–water partition coefficient (Wildman–Crippen LogP) is 2.47. The van der Waals surface area contributed by atoms with E-state index in [1.54, 1.807) is 6.92 Å². The first kappa shape index (κ1) is 19.5. The lowest BCUT2D eigenvalue weighted by Gasteiger charge is -2.31. The zero-order chi connectivity index (χ0) is 20.4. The van der Waals surface area contributed by atoms with Crippen molar-refractivity contribution < 1.29 is 17.9 Å². The van der Waals surface area contributed by atoms with E-state index >= 15 is 0 Å². The smallest absolute Gasteiger partial charge is 0.338 e. The van der Waals surface area contributed by atoms with Gasteiger partial charge in [0.25, 0.3) is 0 Å². The minimum Gasteiger partial charge on any atom is -0.462 e. The average molecular weight is 414 g/mol. The largest absolute Gasteiger partial charge is 0.462 e. The molecule has 1 aliphatic heterocycles. The van der Waals surface area contributed by atoms with E-state index in [1.807, 2.05) is 28.8 Å². The molecule has 0 saturated carbocycles. The lowest BCUT2D eigenvalue weighted by atomic mass is 9.99. The molecular formula is C20H22N4O4S. The van der Waals surface area contributed by atoms with E-state index in [2.05, 4.69) is 10.2 Å². The van der Waals surface area contributed by atoms with Crippen LogP contribution in [0.25, 0.3) is 5.65 Å². The lowest BCUT2D eigenvalue weighted by molar-refractivity contribution is 0.0526. The number of pyridine rings is 1. The van der Waals surface area contributed by atoms with Gasteiger partial charge in [0.05, 0.1) is 17.1 Å². The van der Waals surface area contributed by atoms with Crippen LogP contribution in [0.5, 0.6) is 0 Å². The summed E-state index contributed by atoms with van der Waals surface area (Å²) in [5, 5.41) is 8.48. The highest BCUT2D eigenvalue weighted by Gasteiger charge is 2.33. The molecule has 1 aromatic carbocycles. The molecule has 1 fully saturated rings. The zero-order valence-corrected chi connectivity index (χ0v) is 16.9. The number of carbonyl (C=O) groups excluding carboxylic acids is 1. The molecule has 0 radical (unpaired) electrons. The summed E-state index contributed by atoms with van der Waals surface area (Å²) >= 11 is 0. The molecule has 3 heterocycles. The van der Waals surface area contributed by atoms with Gasteiger partial charge in [-0.3, -0.25) is 4.40 Å². The Morgan fingerprint density at radius 1 is 1.17 bits per heavy atom. The van der Waals surface area contributed by atoms with Crippen molar-refractivity contribution in [3.63, 3.8) is 0 Å². The van der Waals surface area contributed by atoms with Crippen LogP contribution in [0.4, 0.5) is 0 Å². The van der Waals surface area contributed by atoms with Crippen molar-refractivity contribution in [2.75, 3.05) is 19.7 Å². The van der Waals surface area contributed by atoms with Crippen LogP contribution in [0.15, 0.2) is 53.6 Å². The number of sulfonamides is 1.